The Bertz CT molecular complexity index is 198. The molecular weight excluding hydrogens is 194 g/mol. The van der Waals surface area contributed by atoms with Crippen LogP contribution in [-0.4, -0.2) is 49.7 Å². The van der Waals surface area contributed by atoms with Crippen LogP contribution in [0.25, 0.3) is 0 Å². The highest BCUT2D eigenvalue weighted by Gasteiger charge is 2.44. The highest BCUT2D eigenvalue weighted by atomic mass is 16.5. The molecule has 1 aliphatic carbocycles. The zero-order chi connectivity index (χ0) is 10.7. The molecule has 15 heavy (non-hydrogen) atoms. The van der Waals surface area contributed by atoms with E-state index < -0.39 is 0 Å². The summed E-state index contributed by atoms with van der Waals surface area (Å²) in [7, 11) is 1.73. The summed E-state index contributed by atoms with van der Waals surface area (Å²) >= 11 is 0. The maximum atomic E-state index is 9.36. The molecule has 0 amide bonds. The molecule has 0 radical (unpaired) electrons. The number of hydrogen-bond acceptors (Lipinski definition) is 4. The maximum absolute atomic E-state index is 9.36. The molecule has 1 unspecified atom stereocenters. The van der Waals surface area contributed by atoms with E-state index in [2.05, 4.69) is 5.32 Å². The first kappa shape index (κ1) is 11.3. The van der Waals surface area contributed by atoms with E-state index in [1.165, 1.54) is 6.42 Å². The van der Waals surface area contributed by atoms with Gasteiger partial charge in [0.15, 0.2) is 0 Å². The quantitative estimate of drug-likeness (QED) is 0.692. The summed E-state index contributed by atoms with van der Waals surface area (Å²) in [6.07, 6.45) is 4.78. The van der Waals surface area contributed by atoms with Gasteiger partial charge in [0.1, 0.15) is 0 Å². The van der Waals surface area contributed by atoms with Gasteiger partial charge in [-0.05, 0) is 25.7 Å². The number of nitrogens with one attached hydrogen (secondary N) is 1. The van der Waals surface area contributed by atoms with Crippen LogP contribution in [0.3, 0.4) is 0 Å². The highest BCUT2D eigenvalue weighted by Crippen LogP contribution is 2.34. The smallest absolute Gasteiger partial charge is 0.0700 e. The van der Waals surface area contributed by atoms with Crippen molar-refractivity contribution in [2.75, 3.05) is 26.9 Å². The lowest BCUT2D eigenvalue weighted by molar-refractivity contribution is -0.0567. The van der Waals surface area contributed by atoms with E-state index in [9.17, 15) is 5.11 Å². The Kier molecular flexibility index (Phi) is 3.61. The molecule has 2 aliphatic rings. The third kappa shape index (κ3) is 2.50. The predicted octanol–water partition coefficient (Wildman–Crippen LogP) is 0.295. The summed E-state index contributed by atoms with van der Waals surface area (Å²) in [4.78, 5) is 0. The largest absolute Gasteiger partial charge is 0.394 e. The molecule has 0 bridgehead atoms. The summed E-state index contributed by atoms with van der Waals surface area (Å²) in [5.41, 5.74) is -0.105. The average Bonchev–Trinajstić information content (AvgIpc) is 2.70. The number of methoxy groups -OCH3 is 1. The third-order valence-corrected chi connectivity index (χ3v) is 3.60. The lowest BCUT2D eigenvalue weighted by atomic mass is 9.74. The molecule has 1 atom stereocenters. The standard InChI is InChI=1S/C11H21NO3/c1-14-10-5-11(6-10,8-13)12-7-9-3-2-4-15-9/h9-10,12-13H,2-8H2,1H3. The second-order valence-corrected chi connectivity index (χ2v) is 4.72. The van der Waals surface area contributed by atoms with Gasteiger partial charge in [0.05, 0.1) is 18.8 Å². The molecule has 2 N–H and O–H groups in total. The lowest BCUT2D eigenvalue weighted by Crippen LogP contribution is -2.61. The van der Waals surface area contributed by atoms with E-state index in [-0.39, 0.29) is 12.1 Å². The summed E-state index contributed by atoms with van der Waals surface area (Å²) < 4.78 is 10.8. The summed E-state index contributed by atoms with van der Waals surface area (Å²) in [5.74, 6) is 0. The van der Waals surface area contributed by atoms with Gasteiger partial charge in [-0.15, -0.1) is 0 Å². The molecular formula is C11H21NO3. The van der Waals surface area contributed by atoms with Crippen LogP contribution in [0.2, 0.25) is 0 Å². The first-order chi connectivity index (χ1) is 7.28. The van der Waals surface area contributed by atoms with Crippen molar-refractivity contribution < 1.29 is 14.6 Å². The molecule has 2 fully saturated rings. The van der Waals surface area contributed by atoms with Crippen LogP contribution in [0, 0.1) is 0 Å². The second kappa shape index (κ2) is 4.78. The monoisotopic (exact) mass is 215 g/mol. The average molecular weight is 215 g/mol. The van der Waals surface area contributed by atoms with Gasteiger partial charge in [-0.1, -0.05) is 0 Å². The summed E-state index contributed by atoms with van der Waals surface area (Å²) in [6, 6.07) is 0. The first-order valence-electron chi connectivity index (χ1n) is 5.78. The Morgan fingerprint density at radius 1 is 1.53 bits per heavy atom. The van der Waals surface area contributed by atoms with Crippen molar-refractivity contribution in [3.8, 4) is 0 Å². The van der Waals surface area contributed by atoms with E-state index in [0.717, 1.165) is 32.4 Å². The summed E-state index contributed by atoms with van der Waals surface area (Å²) in [5, 5.41) is 12.8. The second-order valence-electron chi connectivity index (χ2n) is 4.72. The molecule has 4 heteroatoms. The van der Waals surface area contributed by atoms with Gasteiger partial charge in [-0.25, -0.2) is 0 Å². The van der Waals surface area contributed by atoms with Gasteiger partial charge >= 0.3 is 0 Å². The fourth-order valence-corrected chi connectivity index (χ4v) is 2.44. The Morgan fingerprint density at radius 3 is 2.87 bits per heavy atom. The van der Waals surface area contributed by atoms with Crippen molar-refractivity contribution in [1.82, 2.24) is 5.32 Å². The molecule has 2 rings (SSSR count). The maximum Gasteiger partial charge on any atom is 0.0700 e. The number of aliphatic hydroxyl groups is 1. The van der Waals surface area contributed by atoms with Crippen molar-refractivity contribution in [2.24, 2.45) is 0 Å². The first-order valence-corrected chi connectivity index (χ1v) is 5.78. The van der Waals surface area contributed by atoms with E-state index in [4.69, 9.17) is 9.47 Å². The third-order valence-electron chi connectivity index (χ3n) is 3.60. The van der Waals surface area contributed by atoms with Crippen LogP contribution >= 0.6 is 0 Å². The fourth-order valence-electron chi connectivity index (χ4n) is 2.44. The molecule has 1 heterocycles. The van der Waals surface area contributed by atoms with Gasteiger partial charge in [0, 0.05) is 25.8 Å². The van der Waals surface area contributed by atoms with Crippen LogP contribution in [0.1, 0.15) is 25.7 Å². The number of hydrogen-bond donors (Lipinski definition) is 2. The number of ether oxygens (including phenoxy) is 2. The van der Waals surface area contributed by atoms with Gasteiger partial charge in [-0.3, -0.25) is 0 Å². The lowest BCUT2D eigenvalue weighted by Gasteiger charge is -2.46. The van der Waals surface area contributed by atoms with Gasteiger partial charge in [-0.2, -0.15) is 0 Å². The Balaban J connectivity index is 1.72. The van der Waals surface area contributed by atoms with Crippen LogP contribution in [0.4, 0.5) is 0 Å². The van der Waals surface area contributed by atoms with Crippen LogP contribution in [-0.2, 0) is 9.47 Å². The van der Waals surface area contributed by atoms with Crippen molar-refractivity contribution in [3.05, 3.63) is 0 Å². The van der Waals surface area contributed by atoms with E-state index >= 15 is 0 Å². The molecule has 88 valence electrons. The van der Waals surface area contributed by atoms with Gasteiger partial charge in [0.2, 0.25) is 0 Å². The fraction of sp³-hybridized carbons (Fsp3) is 1.00. The van der Waals surface area contributed by atoms with Crippen molar-refractivity contribution >= 4 is 0 Å². The molecule has 0 aromatic carbocycles. The van der Waals surface area contributed by atoms with Gasteiger partial charge < -0.3 is 19.9 Å². The summed E-state index contributed by atoms with van der Waals surface area (Å²) in [6.45, 7) is 1.94. The molecule has 1 aliphatic heterocycles. The van der Waals surface area contributed by atoms with Crippen molar-refractivity contribution in [3.63, 3.8) is 0 Å². The Labute approximate surface area is 90.9 Å². The molecule has 1 saturated carbocycles. The van der Waals surface area contributed by atoms with Gasteiger partial charge in [0.25, 0.3) is 0 Å². The topological polar surface area (TPSA) is 50.7 Å². The zero-order valence-corrected chi connectivity index (χ0v) is 9.37. The van der Waals surface area contributed by atoms with E-state index in [1.54, 1.807) is 7.11 Å². The minimum atomic E-state index is -0.105. The molecule has 1 saturated heterocycles. The number of rotatable bonds is 5. The number of aliphatic hydroxyl groups excluding tert-OH is 1. The molecule has 0 aromatic rings. The minimum absolute atomic E-state index is 0.105. The van der Waals surface area contributed by atoms with E-state index in [0.29, 0.717) is 12.2 Å². The Hall–Kier alpha value is -0.160. The molecule has 0 spiro atoms. The SMILES string of the molecule is COC1CC(CO)(NCC2CCCO2)C1. The van der Waals surface area contributed by atoms with E-state index in [1.807, 2.05) is 0 Å². The molecule has 0 aromatic heterocycles. The highest BCUT2D eigenvalue weighted by molar-refractivity contribution is 5.02. The van der Waals surface area contributed by atoms with Crippen molar-refractivity contribution in [2.45, 2.75) is 43.4 Å². The molecule has 4 nitrogen and oxygen atoms in total. The Morgan fingerprint density at radius 2 is 2.33 bits per heavy atom. The van der Waals surface area contributed by atoms with Crippen LogP contribution < -0.4 is 5.32 Å². The normalized spacial score (nSPS) is 40.4. The zero-order valence-electron chi connectivity index (χ0n) is 9.37. The van der Waals surface area contributed by atoms with Crippen LogP contribution in [0.5, 0.6) is 0 Å². The predicted molar refractivity (Wildman–Crippen MR) is 56.8 cm³/mol. The van der Waals surface area contributed by atoms with Crippen molar-refractivity contribution in [1.29, 1.82) is 0 Å². The minimum Gasteiger partial charge on any atom is -0.394 e. The van der Waals surface area contributed by atoms with Crippen LogP contribution in [0.15, 0.2) is 0 Å².